The molecule has 0 aliphatic heterocycles. The summed E-state index contributed by atoms with van der Waals surface area (Å²) < 4.78 is 37.8. The number of carbonyl (C=O) groups excluding carboxylic acids is 1. The number of hydrogen-bond acceptors (Lipinski definition) is 5. The van der Waals surface area contributed by atoms with Crippen molar-refractivity contribution in [3.05, 3.63) is 59.6 Å². The molecule has 5 nitrogen and oxygen atoms in total. The number of anilines is 1. The molecule has 2 heterocycles. The fourth-order valence-corrected chi connectivity index (χ4v) is 2.41. The van der Waals surface area contributed by atoms with E-state index in [2.05, 4.69) is 20.3 Å². The summed E-state index contributed by atoms with van der Waals surface area (Å²) in [6.07, 6.45) is -0.244. The fraction of sp³-hybridized carbons (Fsp3) is 0.0667. The van der Waals surface area contributed by atoms with Gasteiger partial charge in [-0.3, -0.25) is 14.8 Å². The number of benzene rings is 1. The lowest BCUT2D eigenvalue weighted by molar-refractivity contribution is -0.137. The number of thiazole rings is 1. The van der Waals surface area contributed by atoms with Crippen LogP contribution in [0.25, 0.3) is 11.3 Å². The van der Waals surface area contributed by atoms with E-state index < -0.39 is 17.6 Å². The van der Waals surface area contributed by atoms with Crippen LogP contribution >= 0.6 is 11.3 Å². The van der Waals surface area contributed by atoms with Crippen molar-refractivity contribution in [2.24, 2.45) is 0 Å². The normalized spacial score (nSPS) is 11.3. The second-order valence-electron chi connectivity index (χ2n) is 4.68. The van der Waals surface area contributed by atoms with Crippen LogP contribution in [0.1, 0.15) is 16.1 Å². The van der Waals surface area contributed by atoms with Crippen LogP contribution in [0.2, 0.25) is 0 Å². The molecule has 3 aromatic rings. The molecule has 0 radical (unpaired) electrons. The van der Waals surface area contributed by atoms with Gasteiger partial charge in [0.15, 0.2) is 0 Å². The summed E-state index contributed by atoms with van der Waals surface area (Å²) in [5.74, 6) is -0.472. The number of alkyl halides is 3. The maximum atomic E-state index is 12.6. The Labute approximate surface area is 138 Å². The lowest BCUT2D eigenvalue weighted by Crippen LogP contribution is -2.13. The molecule has 1 aromatic carbocycles. The molecule has 0 bridgehead atoms. The number of aromatic nitrogens is 3. The van der Waals surface area contributed by atoms with Gasteiger partial charge in [-0.05, 0) is 12.1 Å². The lowest BCUT2D eigenvalue weighted by Gasteiger charge is -2.08. The topological polar surface area (TPSA) is 67.8 Å². The van der Waals surface area contributed by atoms with Gasteiger partial charge in [-0.2, -0.15) is 13.2 Å². The zero-order valence-electron chi connectivity index (χ0n) is 11.9. The first kappa shape index (κ1) is 16.1. The second-order valence-corrected chi connectivity index (χ2v) is 5.57. The van der Waals surface area contributed by atoms with Crippen molar-refractivity contribution in [1.29, 1.82) is 0 Å². The van der Waals surface area contributed by atoms with Gasteiger partial charge >= 0.3 is 6.18 Å². The first-order valence-electron chi connectivity index (χ1n) is 6.63. The summed E-state index contributed by atoms with van der Waals surface area (Å²) in [5.41, 5.74) is 1.61. The number of hydrogen-bond donors (Lipinski definition) is 1. The van der Waals surface area contributed by atoms with Gasteiger partial charge in [-0.1, -0.05) is 12.1 Å². The summed E-state index contributed by atoms with van der Waals surface area (Å²) >= 11 is 1.25. The van der Waals surface area contributed by atoms with Crippen LogP contribution in [-0.4, -0.2) is 20.9 Å². The SMILES string of the molecule is O=C(Nc1cncs1)c1cncc(-c2ccc(C(F)(F)F)cc2)n1. The molecule has 0 aliphatic rings. The summed E-state index contributed by atoms with van der Waals surface area (Å²) in [7, 11) is 0. The molecule has 0 aliphatic carbocycles. The Morgan fingerprint density at radius 2 is 1.79 bits per heavy atom. The minimum Gasteiger partial charge on any atom is -0.311 e. The molecule has 3 rings (SSSR count). The predicted octanol–water partition coefficient (Wildman–Crippen LogP) is 3.87. The number of nitrogens with one attached hydrogen (secondary N) is 1. The molecular formula is C15H9F3N4OS. The molecule has 0 saturated heterocycles. The molecule has 24 heavy (non-hydrogen) atoms. The summed E-state index contributed by atoms with van der Waals surface area (Å²) in [4.78, 5) is 24.0. The van der Waals surface area contributed by atoms with Crippen LogP contribution in [0, 0.1) is 0 Å². The van der Waals surface area contributed by atoms with Crippen molar-refractivity contribution < 1.29 is 18.0 Å². The van der Waals surface area contributed by atoms with Gasteiger partial charge in [0, 0.05) is 5.56 Å². The molecule has 122 valence electrons. The van der Waals surface area contributed by atoms with E-state index in [9.17, 15) is 18.0 Å². The number of nitrogens with zero attached hydrogens (tertiary/aromatic N) is 3. The molecular weight excluding hydrogens is 341 g/mol. The quantitative estimate of drug-likeness (QED) is 0.779. The highest BCUT2D eigenvalue weighted by atomic mass is 32.1. The molecule has 1 N–H and O–H groups in total. The van der Waals surface area contributed by atoms with Gasteiger partial charge in [-0.25, -0.2) is 4.98 Å². The van der Waals surface area contributed by atoms with Gasteiger partial charge in [0.25, 0.3) is 5.91 Å². The average Bonchev–Trinajstić information content (AvgIpc) is 3.07. The third kappa shape index (κ3) is 3.57. The van der Waals surface area contributed by atoms with E-state index in [1.165, 1.54) is 42.1 Å². The van der Waals surface area contributed by atoms with E-state index in [0.717, 1.165) is 12.1 Å². The van der Waals surface area contributed by atoms with E-state index in [4.69, 9.17) is 0 Å². The van der Waals surface area contributed by atoms with E-state index in [1.54, 1.807) is 5.51 Å². The number of amides is 1. The average molecular weight is 350 g/mol. The van der Waals surface area contributed by atoms with Gasteiger partial charge in [0.05, 0.1) is 35.4 Å². The van der Waals surface area contributed by atoms with Crippen molar-refractivity contribution in [3.8, 4) is 11.3 Å². The van der Waals surface area contributed by atoms with Crippen molar-refractivity contribution in [2.45, 2.75) is 6.18 Å². The van der Waals surface area contributed by atoms with Crippen LogP contribution in [0.3, 0.4) is 0 Å². The smallest absolute Gasteiger partial charge is 0.311 e. The Morgan fingerprint density at radius 3 is 2.42 bits per heavy atom. The van der Waals surface area contributed by atoms with Crippen LogP contribution in [0.4, 0.5) is 18.2 Å². The van der Waals surface area contributed by atoms with Gasteiger partial charge in [0.2, 0.25) is 0 Å². The number of carbonyl (C=O) groups is 1. The highest BCUT2D eigenvalue weighted by Crippen LogP contribution is 2.30. The minimum absolute atomic E-state index is 0.0563. The maximum Gasteiger partial charge on any atom is 0.416 e. The third-order valence-electron chi connectivity index (χ3n) is 3.04. The first-order chi connectivity index (χ1) is 11.4. The number of rotatable bonds is 3. The Hall–Kier alpha value is -2.81. The highest BCUT2D eigenvalue weighted by Gasteiger charge is 2.30. The van der Waals surface area contributed by atoms with E-state index in [-0.39, 0.29) is 5.69 Å². The van der Waals surface area contributed by atoms with Crippen molar-refractivity contribution in [3.63, 3.8) is 0 Å². The van der Waals surface area contributed by atoms with Gasteiger partial charge in [0.1, 0.15) is 10.7 Å². The van der Waals surface area contributed by atoms with Crippen molar-refractivity contribution in [2.75, 3.05) is 5.32 Å². The summed E-state index contributed by atoms with van der Waals surface area (Å²) in [5, 5.41) is 3.17. The Bertz CT molecular complexity index is 848. The zero-order chi connectivity index (χ0) is 17.2. The minimum atomic E-state index is -4.40. The fourth-order valence-electron chi connectivity index (χ4n) is 1.90. The predicted molar refractivity (Wildman–Crippen MR) is 82.5 cm³/mol. The van der Waals surface area contributed by atoms with Crippen LogP contribution in [0.5, 0.6) is 0 Å². The molecule has 0 saturated carbocycles. The molecule has 9 heteroatoms. The second kappa shape index (κ2) is 6.36. The van der Waals surface area contributed by atoms with Crippen LogP contribution < -0.4 is 5.32 Å². The lowest BCUT2D eigenvalue weighted by atomic mass is 10.1. The van der Waals surface area contributed by atoms with E-state index in [1.807, 2.05) is 0 Å². The number of halogens is 3. The molecule has 2 aromatic heterocycles. The molecule has 1 amide bonds. The highest BCUT2D eigenvalue weighted by molar-refractivity contribution is 7.14. The maximum absolute atomic E-state index is 12.6. The van der Waals surface area contributed by atoms with Crippen molar-refractivity contribution in [1.82, 2.24) is 15.0 Å². The molecule has 0 atom stereocenters. The zero-order valence-corrected chi connectivity index (χ0v) is 12.7. The molecule has 0 fully saturated rings. The van der Waals surface area contributed by atoms with Crippen LogP contribution in [-0.2, 0) is 6.18 Å². The third-order valence-corrected chi connectivity index (χ3v) is 3.73. The monoisotopic (exact) mass is 350 g/mol. The molecule has 0 unspecified atom stereocenters. The summed E-state index contributed by atoms with van der Waals surface area (Å²) in [6.45, 7) is 0. The summed E-state index contributed by atoms with van der Waals surface area (Å²) in [6, 6.07) is 4.50. The van der Waals surface area contributed by atoms with Crippen LogP contribution in [0.15, 0.2) is 48.4 Å². The molecule has 0 spiro atoms. The first-order valence-corrected chi connectivity index (χ1v) is 7.51. The van der Waals surface area contributed by atoms with Gasteiger partial charge < -0.3 is 5.32 Å². The Kier molecular flexibility index (Phi) is 4.26. The largest absolute Gasteiger partial charge is 0.416 e. The van der Waals surface area contributed by atoms with E-state index in [0.29, 0.717) is 16.3 Å². The van der Waals surface area contributed by atoms with Gasteiger partial charge in [-0.15, -0.1) is 11.3 Å². The van der Waals surface area contributed by atoms with E-state index >= 15 is 0 Å². The Morgan fingerprint density at radius 1 is 1.04 bits per heavy atom. The Balaban J connectivity index is 1.83. The van der Waals surface area contributed by atoms with Crippen molar-refractivity contribution >= 4 is 22.2 Å². The standard InChI is InChI=1S/C15H9F3N4OS/c16-15(17,18)10-3-1-9(2-4-10)11-5-19-6-12(21-11)14(23)22-13-7-20-8-24-13/h1-8H,(H,22,23).